The second-order valence-corrected chi connectivity index (χ2v) is 8.99. The number of rotatable bonds is 6. The predicted molar refractivity (Wildman–Crippen MR) is 125 cm³/mol. The number of amides is 1. The normalized spacial score (nSPS) is 13.9. The summed E-state index contributed by atoms with van der Waals surface area (Å²) in [5, 5.41) is 5.73. The van der Waals surface area contributed by atoms with E-state index in [0.29, 0.717) is 11.3 Å². The van der Waals surface area contributed by atoms with E-state index in [0.717, 1.165) is 24.0 Å². The molecule has 1 saturated carbocycles. The van der Waals surface area contributed by atoms with Crippen LogP contribution in [0.15, 0.2) is 65.7 Å². The third-order valence-electron chi connectivity index (χ3n) is 4.98. The number of hydrogen-bond acceptors (Lipinski definition) is 5. The third-order valence-corrected chi connectivity index (χ3v) is 5.40. The van der Waals surface area contributed by atoms with Gasteiger partial charge in [-0.25, -0.2) is 8.96 Å². The van der Waals surface area contributed by atoms with Crippen molar-refractivity contribution in [3.05, 3.63) is 83.2 Å². The first-order valence-corrected chi connectivity index (χ1v) is 11.9. The maximum absolute atomic E-state index is 13.8. The first-order chi connectivity index (χ1) is 16.2. The molecular formula is C23H22FN4O5P. The summed E-state index contributed by atoms with van der Waals surface area (Å²) in [5.74, 6) is -0.903. The van der Waals surface area contributed by atoms with E-state index < -0.39 is 13.7 Å². The lowest BCUT2D eigenvalue weighted by atomic mass is 10.1. The van der Waals surface area contributed by atoms with Gasteiger partial charge in [0.2, 0.25) is 11.8 Å². The van der Waals surface area contributed by atoms with Gasteiger partial charge in [0.05, 0.1) is 0 Å². The highest BCUT2D eigenvalue weighted by molar-refractivity contribution is 7.46. The van der Waals surface area contributed by atoms with Gasteiger partial charge in [-0.05, 0) is 67.6 Å². The number of guanidine groups is 1. The van der Waals surface area contributed by atoms with Gasteiger partial charge >= 0.3 is 7.82 Å². The maximum atomic E-state index is 13.8. The Kier molecular flexibility index (Phi) is 6.74. The Bertz CT molecular complexity index is 1290. The lowest BCUT2D eigenvalue weighted by Crippen LogP contribution is -2.36. The predicted octanol–water partition coefficient (Wildman–Crippen LogP) is 4.41. The molecule has 0 unspecified atom stereocenters. The number of anilines is 1. The monoisotopic (exact) mass is 484 g/mol. The van der Waals surface area contributed by atoms with Crippen LogP contribution in [0.2, 0.25) is 0 Å². The molecule has 176 valence electrons. The van der Waals surface area contributed by atoms with Crippen molar-refractivity contribution in [1.82, 2.24) is 10.3 Å². The highest BCUT2D eigenvalue weighted by Gasteiger charge is 2.27. The summed E-state index contributed by atoms with van der Waals surface area (Å²) in [6, 6.07) is 15.4. The number of nitrogens with zero attached hydrogens (tertiary/aromatic N) is 2. The Labute approximate surface area is 195 Å². The number of phosphoric ester groups is 1. The average Bonchev–Trinajstić information content (AvgIpc) is 3.60. The fraction of sp³-hybridized carbons (Fsp3) is 0.174. The molecule has 1 amide bonds. The first-order valence-electron chi connectivity index (χ1n) is 10.4. The minimum atomic E-state index is -4.81. The number of aryl methyl sites for hydroxylation is 1. The van der Waals surface area contributed by atoms with Crippen LogP contribution in [0.1, 0.15) is 40.2 Å². The summed E-state index contributed by atoms with van der Waals surface area (Å²) in [5.41, 5.74) is 2.74. The van der Waals surface area contributed by atoms with Crippen LogP contribution in [-0.4, -0.2) is 26.6 Å². The van der Waals surface area contributed by atoms with Gasteiger partial charge in [-0.15, -0.1) is 0 Å². The Morgan fingerprint density at radius 3 is 2.56 bits per heavy atom. The van der Waals surface area contributed by atoms with Crippen LogP contribution in [0.5, 0.6) is 5.88 Å². The fourth-order valence-electron chi connectivity index (χ4n) is 3.23. The third kappa shape index (κ3) is 6.48. The molecule has 0 bridgehead atoms. The van der Waals surface area contributed by atoms with Gasteiger partial charge < -0.3 is 9.84 Å². The summed E-state index contributed by atoms with van der Waals surface area (Å²) in [6.07, 6.45) is 1.87. The molecule has 1 heterocycles. The van der Waals surface area contributed by atoms with Crippen LogP contribution in [0.4, 0.5) is 15.9 Å². The Morgan fingerprint density at radius 1 is 1.15 bits per heavy atom. The van der Waals surface area contributed by atoms with E-state index in [9.17, 15) is 13.8 Å². The van der Waals surface area contributed by atoms with Gasteiger partial charge in [-0.1, -0.05) is 23.8 Å². The van der Waals surface area contributed by atoms with Gasteiger partial charge in [0.25, 0.3) is 5.91 Å². The quantitative estimate of drug-likeness (QED) is 0.231. The Morgan fingerprint density at radius 2 is 1.88 bits per heavy atom. The number of halogens is 1. The van der Waals surface area contributed by atoms with E-state index in [4.69, 9.17) is 9.79 Å². The standard InChI is InChI=1S/C23H22FN4O5P/c1-14-5-7-16(8-6-14)22(29)28-23(25-19-12-11-17(24)13-18(19)15-9-10-15)27-20-3-2-4-21(26-20)33-34(30,31)32/h2-8,11-13,15H,9-10H2,1H3,(H2,30,31,32)(H2,25,26,27,28,29). The number of carbonyl (C=O) groups excluding carboxylic acids is 1. The van der Waals surface area contributed by atoms with E-state index in [1.54, 1.807) is 30.3 Å². The van der Waals surface area contributed by atoms with Crippen LogP contribution >= 0.6 is 7.82 Å². The highest BCUT2D eigenvalue weighted by Crippen LogP contribution is 2.43. The molecule has 0 radical (unpaired) electrons. The van der Waals surface area contributed by atoms with Gasteiger partial charge in [0, 0.05) is 17.3 Å². The average molecular weight is 484 g/mol. The molecule has 0 atom stereocenters. The van der Waals surface area contributed by atoms with Crippen molar-refractivity contribution in [2.45, 2.75) is 25.7 Å². The van der Waals surface area contributed by atoms with Crippen molar-refractivity contribution in [2.24, 2.45) is 4.99 Å². The SMILES string of the molecule is Cc1ccc(C(=O)NC(=Nc2cccc(OP(=O)(O)O)n2)Nc2ccc(F)cc2C2CC2)cc1. The summed E-state index contributed by atoms with van der Waals surface area (Å²) < 4.78 is 29.5. The lowest BCUT2D eigenvalue weighted by Gasteiger charge is -2.15. The van der Waals surface area contributed by atoms with Crippen molar-refractivity contribution in [1.29, 1.82) is 0 Å². The number of carbonyl (C=O) groups is 1. The van der Waals surface area contributed by atoms with Crippen LogP contribution < -0.4 is 15.2 Å². The van der Waals surface area contributed by atoms with Crippen molar-refractivity contribution in [3.8, 4) is 5.88 Å². The van der Waals surface area contributed by atoms with E-state index >= 15 is 0 Å². The van der Waals surface area contributed by atoms with E-state index in [2.05, 4.69) is 25.1 Å². The molecule has 1 aromatic heterocycles. The summed E-state index contributed by atoms with van der Waals surface area (Å²) >= 11 is 0. The number of hydrogen-bond donors (Lipinski definition) is 4. The molecule has 34 heavy (non-hydrogen) atoms. The van der Waals surface area contributed by atoms with Gasteiger partial charge in [0.1, 0.15) is 5.82 Å². The largest absolute Gasteiger partial charge is 0.526 e. The molecule has 9 nitrogen and oxygen atoms in total. The molecule has 4 N–H and O–H groups in total. The molecule has 0 aliphatic heterocycles. The van der Waals surface area contributed by atoms with Crippen molar-refractivity contribution in [3.63, 3.8) is 0 Å². The summed E-state index contributed by atoms with van der Waals surface area (Å²) in [4.78, 5) is 39.2. The summed E-state index contributed by atoms with van der Waals surface area (Å²) in [7, 11) is -4.81. The second-order valence-electron chi connectivity index (χ2n) is 7.83. The number of benzene rings is 2. The zero-order chi connectivity index (χ0) is 24.3. The molecule has 2 aromatic carbocycles. The molecule has 4 rings (SSSR count). The molecule has 0 spiro atoms. The molecule has 1 aliphatic rings. The molecule has 11 heteroatoms. The van der Waals surface area contributed by atoms with Crippen LogP contribution in [0.25, 0.3) is 0 Å². The highest BCUT2D eigenvalue weighted by atomic mass is 31.2. The number of nitrogens with one attached hydrogen (secondary N) is 2. The smallest absolute Gasteiger partial charge is 0.386 e. The van der Waals surface area contributed by atoms with Gasteiger partial charge in [0.15, 0.2) is 5.82 Å². The van der Waals surface area contributed by atoms with Gasteiger partial charge in [-0.3, -0.25) is 19.9 Å². The number of pyridine rings is 1. The topological polar surface area (TPSA) is 133 Å². The maximum Gasteiger partial charge on any atom is 0.526 e. The number of aliphatic imine (C=N–C) groups is 1. The zero-order valence-corrected chi connectivity index (χ0v) is 19.0. The molecular weight excluding hydrogens is 462 g/mol. The number of aromatic nitrogens is 1. The van der Waals surface area contributed by atoms with Crippen LogP contribution in [0, 0.1) is 12.7 Å². The minimum absolute atomic E-state index is 0.0000808. The summed E-state index contributed by atoms with van der Waals surface area (Å²) in [6.45, 7) is 1.91. The Balaban J connectivity index is 1.67. The Hall–Kier alpha value is -3.59. The fourth-order valence-corrected chi connectivity index (χ4v) is 3.58. The lowest BCUT2D eigenvalue weighted by molar-refractivity contribution is 0.0977. The molecule has 1 aliphatic carbocycles. The van der Waals surface area contributed by atoms with Crippen LogP contribution in [-0.2, 0) is 4.57 Å². The van der Waals surface area contributed by atoms with Crippen molar-refractivity contribution < 1.29 is 28.1 Å². The van der Waals surface area contributed by atoms with Crippen molar-refractivity contribution in [2.75, 3.05) is 5.32 Å². The zero-order valence-electron chi connectivity index (χ0n) is 18.1. The second kappa shape index (κ2) is 9.72. The molecule has 1 fully saturated rings. The molecule has 3 aromatic rings. The number of phosphoric acid groups is 1. The van der Waals surface area contributed by atoms with Crippen molar-refractivity contribution >= 4 is 31.2 Å². The van der Waals surface area contributed by atoms with E-state index in [1.165, 1.54) is 30.3 Å². The molecule has 0 saturated heterocycles. The van der Waals surface area contributed by atoms with E-state index in [-0.39, 0.29) is 29.4 Å². The minimum Gasteiger partial charge on any atom is -0.386 e. The first kappa shape index (κ1) is 23.6. The van der Waals surface area contributed by atoms with Gasteiger partial charge in [-0.2, -0.15) is 9.98 Å². The van der Waals surface area contributed by atoms with Crippen LogP contribution in [0.3, 0.4) is 0 Å². The van der Waals surface area contributed by atoms with E-state index in [1.807, 2.05) is 6.92 Å².